The molecule has 14 aromatic carbocycles. The first-order chi connectivity index (χ1) is 42.7. The van der Waals surface area contributed by atoms with Crippen LogP contribution < -0.4 is 4.90 Å². The van der Waals surface area contributed by atoms with Crippen molar-refractivity contribution in [2.45, 2.75) is 10.8 Å². The van der Waals surface area contributed by atoms with Gasteiger partial charge in [0.25, 0.3) is 0 Å². The zero-order valence-electron chi connectivity index (χ0n) is 46.9. The summed E-state index contributed by atoms with van der Waals surface area (Å²) in [6, 6.07) is 119. The largest absolute Gasteiger partial charge is 0.310 e. The fraction of sp³-hybridized carbons (Fsp3) is 0.0238. The summed E-state index contributed by atoms with van der Waals surface area (Å²) >= 11 is 0. The topological polar surface area (TPSA) is 8.17 Å². The number of nitrogens with zero attached hydrogens (tertiary/aromatic N) is 2. The summed E-state index contributed by atoms with van der Waals surface area (Å²) < 4.78 is 2.53. The van der Waals surface area contributed by atoms with E-state index in [1.54, 1.807) is 0 Å². The summed E-state index contributed by atoms with van der Waals surface area (Å²) in [6.07, 6.45) is 0. The van der Waals surface area contributed by atoms with Crippen LogP contribution in [0, 0.1) is 0 Å². The van der Waals surface area contributed by atoms with Crippen LogP contribution in [-0.4, -0.2) is 4.57 Å². The molecule has 86 heavy (non-hydrogen) atoms. The molecule has 2 nitrogen and oxygen atoms in total. The maximum absolute atomic E-state index is 2.53. The Kier molecular flexibility index (Phi) is 9.78. The highest BCUT2D eigenvalue weighted by Crippen LogP contribution is 2.65. The van der Waals surface area contributed by atoms with Crippen LogP contribution in [0.1, 0.15) is 44.5 Å². The normalized spacial score (nSPS) is 14.9. The predicted molar refractivity (Wildman–Crippen MR) is 356 cm³/mol. The molecule has 1 aromatic heterocycles. The van der Waals surface area contributed by atoms with Crippen LogP contribution in [0.3, 0.4) is 0 Å². The van der Waals surface area contributed by atoms with Crippen molar-refractivity contribution in [3.8, 4) is 72.4 Å². The number of hydrogen-bond acceptors (Lipinski definition) is 1. The van der Waals surface area contributed by atoms with Crippen molar-refractivity contribution < 1.29 is 0 Å². The summed E-state index contributed by atoms with van der Waals surface area (Å²) in [5, 5.41) is 4.93. The van der Waals surface area contributed by atoms with Crippen LogP contribution in [0.25, 0.3) is 105 Å². The second-order valence-corrected chi connectivity index (χ2v) is 23.8. The first-order valence-corrected chi connectivity index (χ1v) is 30.1. The van der Waals surface area contributed by atoms with Gasteiger partial charge in [0.05, 0.1) is 33.2 Å². The highest BCUT2D eigenvalue weighted by molar-refractivity contribution is 6.13. The lowest BCUT2D eigenvalue weighted by Crippen LogP contribution is -2.33. The van der Waals surface area contributed by atoms with Crippen molar-refractivity contribution in [2.24, 2.45) is 0 Å². The SMILES string of the molecule is c1ccc(-c2ccccc2-c2ccccc2N(c2ccc3c(c2)C2(c4ccccc4-c4ccccc42)c2ccccc2-3)c2ccc3cc(-c4ccc5c(c4)C4(c6ccccc6-5)c5ccccc5-n5c6ccccc6c6cccc4c65)ccc3c2)cc1. The molecule has 0 bridgehead atoms. The van der Waals surface area contributed by atoms with E-state index in [1.807, 2.05) is 0 Å². The van der Waals surface area contributed by atoms with Gasteiger partial charge in [0, 0.05) is 27.7 Å². The van der Waals surface area contributed by atoms with Crippen molar-refractivity contribution in [1.29, 1.82) is 0 Å². The molecule has 3 aliphatic carbocycles. The fourth-order valence-corrected chi connectivity index (χ4v) is 16.4. The number of benzene rings is 14. The van der Waals surface area contributed by atoms with Crippen molar-refractivity contribution in [3.05, 3.63) is 360 Å². The molecule has 0 saturated heterocycles. The Morgan fingerprint density at radius 1 is 0.244 bits per heavy atom. The molecule has 0 N–H and O–H groups in total. The van der Waals surface area contributed by atoms with E-state index in [0.717, 1.165) is 22.6 Å². The van der Waals surface area contributed by atoms with Gasteiger partial charge in [-0.2, -0.15) is 0 Å². The lowest BCUT2D eigenvalue weighted by Gasteiger charge is -2.39. The van der Waals surface area contributed by atoms with Crippen molar-refractivity contribution >= 4 is 49.6 Å². The second kappa shape index (κ2) is 17.7. The van der Waals surface area contributed by atoms with E-state index in [9.17, 15) is 0 Å². The molecule has 15 aromatic rings. The summed E-state index contributed by atoms with van der Waals surface area (Å²) in [5.74, 6) is 0. The minimum atomic E-state index is -0.528. The molecule has 0 saturated carbocycles. The molecule has 1 unspecified atom stereocenters. The lowest BCUT2D eigenvalue weighted by atomic mass is 9.65. The lowest BCUT2D eigenvalue weighted by molar-refractivity contribution is 0.749. The van der Waals surface area contributed by atoms with Crippen molar-refractivity contribution in [2.75, 3.05) is 4.90 Å². The fourth-order valence-electron chi connectivity index (χ4n) is 16.4. The first-order valence-electron chi connectivity index (χ1n) is 30.1. The van der Waals surface area contributed by atoms with E-state index < -0.39 is 10.8 Å². The van der Waals surface area contributed by atoms with Gasteiger partial charge in [-0.1, -0.05) is 261 Å². The number of fused-ring (bicyclic) bond motifs is 23. The average molecular weight is 1090 g/mol. The van der Waals surface area contributed by atoms with Gasteiger partial charge in [0.15, 0.2) is 0 Å². The van der Waals surface area contributed by atoms with Crippen LogP contribution in [0.15, 0.2) is 315 Å². The van der Waals surface area contributed by atoms with Gasteiger partial charge in [-0.15, -0.1) is 0 Å². The summed E-state index contributed by atoms with van der Waals surface area (Å²) in [5.41, 5.74) is 31.6. The van der Waals surface area contributed by atoms with Gasteiger partial charge in [-0.3, -0.25) is 0 Å². The number of para-hydroxylation sites is 4. The van der Waals surface area contributed by atoms with Gasteiger partial charge < -0.3 is 9.47 Å². The summed E-state index contributed by atoms with van der Waals surface area (Å²) in [6.45, 7) is 0. The van der Waals surface area contributed by atoms with Gasteiger partial charge in [0.1, 0.15) is 0 Å². The Bertz CT molecular complexity index is 5330. The van der Waals surface area contributed by atoms with E-state index in [4.69, 9.17) is 0 Å². The zero-order valence-corrected chi connectivity index (χ0v) is 46.9. The van der Waals surface area contributed by atoms with E-state index in [-0.39, 0.29) is 0 Å². The maximum atomic E-state index is 2.53. The molecule has 0 amide bonds. The highest BCUT2D eigenvalue weighted by Gasteiger charge is 2.53. The minimum Gasteiger partial charge on any atom is -0.310 e. The Labute approximate surface area is 499 Å². The van der Waals surface area contributed by atoms with E-state index in [2.05, 4.69) is 325 Å². The number of hydrogen-bond donors (Lipinski definition) is 0. The molecule has 0 radical (unpaired) electrons. The molecule has 19 rings (SSSR count). The Morgan fingerprint density at radius 3 is 1.41 bits per heavy atom. The highest BCUT2D eigenvalue weighted by atomic mass is 15.1. The molecule has 1 atom stereocenters. The quantitative estimate of drug-likeness (QED) is 0.161. The first kappa shape index (κ1) is 47.4. The Balaban J connectivity index is 0.796. The van der Waals surface area contributed by atoms with Crippen LogP contribution in [-0.2, 0) is 10.8 Å². The third-order valence-electron chi connectivity index (χ3n) is 19.8. The summed E-state index contributed by atoms with van der Waals surface area (Å²) in [4.78, 5) is 2.52. The van der Waals surface area contributed by atoms with Crippen LogP contribution in [0.2, 0.25) is 0 Å². The molecule has 1 aliphatic heterocycles. The number of rotatable bonds is 6. The monoisotopic (exact) mass is 1090 g/mol. The molecular weight excluding hydrogens is 1040 g/mol. The number of anilines is 3. The smallest absolute Gasteiger partial charge is 0.0754 e. The van der Waals surface area contributed by atoms with Gasteiger partial charge in [-0.25, -0.2) is 0 Å². The molecule has 2 heterocycles. The van der Waals surface area contributed by atoms with E-state index in [0.29, 0.717) is 0 Å². The Morgan fingerprint density at radius 2 is 0.698 bits per heavy atom. The molecule has 4 aliphatic rings. The predicted octanol–water partition coefficient (Wildman–Crippen LogP) is 21.4. The molecule has 2 heteroatoms. The van der Waals surface area contributed by atoms with E-state index >= 15 is 0 Å². The van der Waals surface area contributed by atoms with Crippen molar-refractivity contribution in [1.82, 2.24) is 4.57 Å². The third-order valence-corrected chi connectivity index (χ3v) is 19.8. The molecule has 2 spiro atoms. The van der Waals surface area contributed by atoms with Gasteiger partial charge in [0.2, 0.25) is 0 Å². The molecule has 0 fully saturated rings. The van der Waals surface area contributed by atoms with Gasteiger partial charge in [-0.05, 0) is 171 Å². The van der Waals surface area contributed by atoms with E-state index in [1.165, 1.54) is 144 Å². The summed E-state index contributed by atoms with van der Waals surface area (Å²) in [7, 11) is 0. The van der Waals surface area contributed by atoms with Crippen LogP contribution in [0.5, 0.6) is 0 Å². The molecule has 398 valence electrons. The van der Waals surface area contributed by atoms with Crippen molar-refractivity contribution in [3.63, 3.8) is 0 Å². The molecular formula is C84H52N2. The van der Waals surface area contributed by atoms with Gasteiger partial charge >= 0.3 is 0 Å². The zero-order chi connectivity index (χ0) is 56.2. The van der Waals surface area contributed by atoms with Crippen LogP contribution in [0.4, 0.5) is 17.1 Å². The third kappa shape index (κ3) is 6.19. The Hall–Kier alpha value is -11.1. The second-order valence-electron chi connectivity index (χ2n) is 23.8. The maximum Gasteiger partial charge on any atom is 0.0754 e. The number of aromatic nitrogens is 1. The minimum absolute atomic E-state index is 0.492. The average Bonchev–Trinajstić information content (AvgIpc) is 1.51. The van der Waals surface area contributed by atoms with Crippen LogP contribution >= 0.6 is 0 Å². The standard InChI is InChI=1S/C84H52N2/c1-2-21-53(22-3-1)60-23-4-5-24-61(60)68-29-10-17-38-79(68)85(59-46-48-67-65-28-8-14-34-73(65)83(78(67)52-59)71-32-12-6-25-62(71)63-26-7-13-33-72(63)83)58-45-43-55-49-54(41-42-56(55)50-58)57-44-47-66-64-27-9-15-35-74(64)84(77(66)51-57)75-36-16-19-40-81(75)86-80-39-18-11-30-69(80)70-31-20-37-76(84)82(70)86/h1-52H.